The second kappa shape index (κ2) is 8.25. The quantitative estimate of drug-likeness (QED) is 0.708. The molecule has 1 N–H and O–H groups in total. The minimum Gasteiger partial charge on any atom is -0.396 e. The molecule has 5 heteroatoms. The summed E-state index contributed by atoms with van der Waals surface area (Å²) in [4.78, 5) is 2.35. The van der Waals surface area contributed by atoms with Gasteiger partial charge in [-0.05, 0) is 49.6 Å². The minimum absolute atomic E-state index is 0.0705. The van der Waals surface area contributed by atoms with Crippen LogP contribution in [-0.2, 0) is 13.0 Å². The summed E-state index contributed by atoms with van der Waals surface area (Å²) in [6.45, 7) is 2.59. The maximum absolute atomic E-state index is 14.2. The maximum Gasteiger partial charge on any atom is 0.126 e. The van der Waals surface area contributed by atoms with E-state index in [9.17, 15) is 9.50 Å². The summed E-state index contributed by atoms with van der Waals surface area (Å²) >= 11 is 0. The maximum atomic E-state index is 14.2. The van der Waals surface area contributed by atoms with E-state index in [-0.39, 0.29) is 17.8 Å². The number of aromatic nitrogens is 2. The standard InChI is InChI=1S/C23H26FN3O/c24-22-10-5-4-7-20(22)13-23(18-28)11-6-12-26(17-23)15-19-14-25-27(16-19)21-8-2-1-3-9-21/h1-5,7-10,14,16,28H,6,11-13,15,17-18H2. The van der Waals surface area contributed by atoms with Gasteiger partial charge in [-0.25, -0.2) is 9.07 Å². The number of halogens is 1. The van der Waals surface area contributed by atoms with Gasteiger partial charge in [0.25, 0.3) is 0 Å². The van der Waals surface area contributed by atoms with E-state index < -0.39 is 0 Å². The van der Waals surface area contributed by atoms with Crippen LogP contribution in [0.5, 0.6) is 0 Å². The fraction of sp³-hybridized carbons (Fsp3) is 0.348. The molecule has 0 radical (unpaired) electrons. The molecular formula is C23H26FN3O. The molecule has 2 heterocycles. The molecule has 1 unspecified atom stereocenters. The van der Waals surface area contributed by atoms with Crippen molar-refractivity contribution in [3.8, 4) is 5.69 Å². The molecule has 1 atom stereocenters. The van der Waals surface area contributed by atoms with Crippen molar-refractivity contribution in [3.63, 3.8) is 0 Å². The van der Waals surface area contributed by atoms with Gasteiger partial charge in [0.15, 0.2) is 0 Å². The molecule has 1 aromatic heterocycles. The summed E-state index contributed by atoms with van der Waals surface area (Å²) in [5.74, 6) is -0.184. The van der Waals surface area contributed by atoms with Gasteiger partial charge in [0, 0.05) is 30.3 Å². The van der Waals surface area contributed by atoms with E-state index in [4.69, 9.17) is 0 Å². The Morgan fingerprint density at radius 3 is 2.64 bits per heavy atom. The van der Waals surface area contributed by atoms with Crippen molar-refractivity contribution < 1.29 is 9.50 Å². The Morgan fingerprint density at radius 2 is 1.86 bits per heavy atom. The van der Waals surface area contributed by atoms with Crippen LogP contribution in [0, 0.1) is 11.2 Å². The van der Waals surface area contributed by atoms with Crippen LogP contribution < -0.4 is 0 Å². The van der Waals surface area contributed by atoms with Gasteiger partial charge < -0.3 is 5.11 Å². The van der Waals surface area contributed by atoms with Gasteiger partial charge in [-0.15, -0.1) is 0 Å². The number of aliphatic hydroxyl groups is 1. The molecule has 1 fully saturated rings. The molecule has 4 nitrogen and oxygen atoms in total. The molecule has 0 spiro atoms. The van der Waals surface area contributed by atoms with Crippen LogP contribution in [0.3, 0.4) is 0 Å². The first-order valence-corrected chi connectivity index (χ1v) is 9.83. The number of hydrogen-bond acceptors (Lipinski definition) is 3. The van der Waals surface area contributed by atoms with Gasteiger partial charge >= 0.3 is 0 Å². The Hall–Kier alpha value is -2.50. The first-order valence-electron chi connectivity index (χ1n) is 9.83. The third kappa shape index (κ3) is 4.16. The highest BCUT2D eigenvalue weighted by atomic mass is 19.1. The van der Waals surface area contributed by atoms with Crippen molar-refractivity contribution >= 4 is 0 Å². The zero-order valence-corrected chi connectivity index (χ0v) is 16.0. The second-order valence-corrected chi connectivity index (χ2v) is 7.87. The lowest BCUT2D eigenvalue weighted by Gasteiger charge is -2.42. The molecule has 4 rings (SSSR count). The van der Waals surface area contributed by atoms with Gasteiger partial charge in [-0.1, -0.05) is 36.4 Å². The van der Waals surface area contributed by atoms with Gasteiger partial charge in [0.05, 0.1) is 18.5 Å². The topological polar surface area (TPSA) is 41.3 Å². The van der Waals surface area contributed by atoms with Gasteiger partial charge in [-0.3, -0.25) is 4.90 Å². The van der Waals surface area contributed by atoms with Crippen molar-refractivity contribution in [3.05, 3.63) is 83.9 Å². The van der Waals surface area contributed by atoms with Crippen LogP contribution in [0.1, 0.15) is 24.0 Å². The fourth-order valence-electron chi connectivity index (χ4n) is 4.24. The predicted molar refractivity (Wildman–Crippen MR) is 108 cm³/mol. The summed E-state index contributed by atoms with van der Waals surface area (Å²) in [6, 6.07) is 17.0. The predicted octanol–water partition coefficient (Wildman–Crippen LogP) is 3.83. The van der Waals surface area contributed by atoms with E-state index in [1.54, 1.807) is 6.07 Å². The highest BCUT2D eigenvalue weighted by Crippen LogP contribution is 2.34. The number of para-hydroxylation sites is 1. The molecule has 0 amide bonds. The van der Waals surface area contributed by atoms with Gasteiger partial charge in [0.1, 0.15) is 5.82 Å². The summed E-state index contributed by atoms with van der Waals surface area (Å²) in [6.07, 6.45) is 6.44. The van der Waals surface area contributed by atoms with Crippen molar-refractivity contribution in [2.45, 2.75) is 25.8 Å². The van der Waals surface area contributed by atoms with Crippen molar-refractivity contribution in [2.24, 2.45) is 5.41 Å². The monoisotopic (exact) mass is 379 g/mol. The number of piperidine rings is 1. The summed E-state index contributed by atoms with van der Waals surface area (Å²) < 4.78 is 16.0. The average molecular weight is 379 g/mol. The van der Waals surface area contributed by atoms with E-state index in [1.165, 1.54) is 6.07 Å². The van der Waals surface area contributed by atoms with Crippen LogP contribution >= 0.6 is 0 Å². The van der Waals surface area contributed by atoms with Crippen molar-refractivity contribution in [1.82, 2.24) is 14.7 Å². The third-order valence-corrected chi connectivity index (χ3v) is 5.66. The highest BCUT2D eigenvalue weighted by molar-refractivity contribution is 5.31. The van der Waals surface area contributed by atoms with Crippen LogP contribution in [-0.4, -0.2) is 39.5 Å². The number of hydrogen-bond donors (Lipinski definition) is 1. The number of benzene rings is 2. The molecular weight excluding hydrogens is 353 g/mol. The SMILES string of the molecule is OCC1(Cc2ccccc2F)CCCN(Cc2cnn(-c3ccccc3)c2)C1. The van der Waals surface area contributed by atoms with Crippen LogP contribution in [0.2, 0.25) is 0 Å². The molecule has 3 aromatic rings. The molecule has 2 aromatic carbocycles. The fourth-order valence-corrected chi connectivity index (χ4v) is 4.24. The molecule has 1 aliphatic rings. The normalized spacial score (nSPS) is 20.4. The minimum atomic E-state index is -0.296. The molecule has 1 aliphatic heterocycles. The third-order valence-electron chi connectivity index (χ3n) is 5.66. The first-order chi connectivity index (χ1) is 13.7. The van der Waals surface area contributed by atoms with Crippen molar-refractivity contribution in [1.29, 1.82) is 0 Å². The summed E-state index contributed by atoms with van der Waals surface area (Å²) in [5, 5.41) is 14.6. The van der Waals surface area contributed by atoms with Crippen LogP contribution in [0.4, 0.5) is 4.39 Å². The summed E-state index contributed by atoms with van der Waals surface area (Å²) in [7, 11) is 0. The van der Waals surface area contributed by atoms with Crippen molar-refractivity contribution in [2.75, 3.05) is 19.7 Å². The smallest absolute Gasteiger partial charge is 0.126 e. The van der Waals surface area contributed by atoms with Crippen LogP contribution in [0.25, 0.3) is 5.69 Å². The number of likely N-dealkylation sites (tertiary alicyclic amines) is 1. The largest absolute Gasteiger partial charge is 0.396 e. The molecule has 28 heavy (non-hydrogen) atoms. The van der Waals surface area contributed by atoms with E-state index in [0.717, 1.165) is 43.7 Å². The van der Waals surface area contributed by atoms with E-state index in [0.29, 0.717) is 12.0 Å². The zero-order chi connectivity index (χ0) is 19.4. The molecule has 1 saturated heterocycles. The Labute approximate surface area is 165 Å². The molecule has 0 bridgehead atoms. The zero-order valence-electron chi connectivity index (χ0n) is 16.0. The Bertz CT molecular complexity index is 911. The lowest BCUT2D eigenvalue weighted by molar-refractivity contribution is 0.0283. The first kappa shape index (κ1) is 18.8. The number of nitrogens with zero attached hydrogens (tertiary/aromatic N) is 3. The summed E-state index contributed by atoms with van der Waals surface area (Å²) in [5.41, 5.74) is 2.58. The highest BCUT2D eigenvalue weighted by Gasteiger charge is 2.35. The lowest BCUT2D eigenvalue weighted by Crippen LogP contribution is -2.46. The Morgan fingerprint density at radius 1 is 1.07 bits per heavy atom. The molecule has 0 aliphatic carbocycles. The van der Waals surface area contributed by atoms with E-state index in [2.05, 4.69) is 16.2 Å². The van der Waals surface area contributed by atoms with Gasteiger partial charge in [-0.2, -0.15) is 5.10 Å². The average Bonchev–Trinajstić information content (AvgIpc) is 3.19. The lowest BCUT2D eigenvalue weighted by atomic mass is 9.75. The van der Waals surface area contributed by atoms with Gasteiger partial charge in [0.2, 0.25) is 0 Å². The Kier molecular flexibility index (Phi) is 5.55. The van der Waals surface area contributed by atoms with E-state index in [1.807, 2.05) is 53.3 Å². The second-order valence-electron chi connectivity index (χ2n) is 7.87. The number of aliphatic hydroxyl groups excluding tert-OH is 1. The van der Waals surface area contributed by atoms with E-state index >= 15 is 0 Å². The number of rotatable bonds is 6. The molecule has 146 valence electrons. The molecule has 0 saturated carbocycles. The Balaban J connectivity index is 1.46. The van der Waals surface area contributed by atoms with Crippen LogP contribution in [0.15, 0.2) is 67.0 Å².